The van der Waals surface area contributed by atoms with Gasteiger partial charge in [-0.1, -0.05) is 11.6 Å². The van der Waals surface area contributed by atoms with Gasteiger partial charge >= 0.3 is 0 Å². The minimum Gasteiger partial charge on any atom is -0.387 e. The summed E-state index contributed by atoms with van der Waals surface area (Å²) in [6.07, 6.45) is 3.37. The van der Waals surface area contributed by atoms with E-state index in [0.29, 0.717) is 23.2 Å². The molecule has 0 spiro atoms. The van der Waals surface area contributed by atoms with Gasteiger partial charge in [-0.2, -0.15) is 0 Å². The van der Waals surface area contributed by atoms with E-state index in [1.807, 2.05) is 0 Å². The Hall–Kier alpha value is -1.26. The van der Waals surface area contributed by atoms with Gasteiger partial charge in [0.1, 0.15) is 0 Å². The normalized spacial score (nSPS) is 18.3. The van der Waals surface area contributed by atoms with Crippen LogP contribution in [0.2, 0.25) is 5.02 Å². The number of halogens is 1. The van der Waals surface area contributed by atoms with Crippen molar-refractivity contribution in [1.29, 1.82) is 0 Å². The van der Waals surface area contributed by atoms with Crippen LogP contribution in [0, 0.1) is 0 Å². The molecule has 1 saturated heterocycles. The second-order valence-electron chi connectivity index (χ2n) is 4.62. The highest BCUT2D eigenvalue weighted by Gasteiger charge is 2.16. The summed E-state index contributed by atoms with van der Waals surface area (Å²) < 4.78 is 5.52. The van der Waals surface area contributed by atoms with Gasteiger partial charge < -0.3 is 15.4 Å². The van der Waals surface area contributed by atoms with Crippen LogP contribution in [0.25, 0.3) is 0 Å². The molecule has 1 aromatic carbocycles. The Kier molecular flexibility index (Phi) is 5.05. The first-order valence-corrected chi connectivity index (χ1v) is 6.95. The Balaban J connectivity index is 1.89. The van der Waals surface area contributed by atoms with Gasteiger partial charge in [-0.3, -0.25) is 4.79 Å². The van der Waals surface area contributed by atoms with Crippen LogP contribution < -0.4 is 10.6 Å². The molecule has 19 heavy (non-hydrogen) atoms. The number of nitrogens with one attached hydrogen (secondary N) is 2. The van der Waals surface area contributed by atoms with Gasteiger partial charge in [-0.05, 0) is 37.5 Å². The Morgan fingerprint density at radius 1 is 1.53 bits per heavy atom. The van der Waals surface area contributed by atoms with E-state index in [9.17, 15) is 4.79 Å². The van der Waals surface area contributed by atoms with Gasteiger partial charge in [-0.25, -0.2) is 0 Å². The molecule has 0 bridgehead atoms. The summed E-state index contributed by atoms with van der Waals surface area (Å²) in [7, 11) is 1.78. The fraction of sp³-hybridized carbons (Fsp3) is 0.500. The largest absolute Gasteiger partial charge is 0.387 e. The third-order valence-electron chi connectivity index (χ3n) is 3.27. The summed E-state index contributed by atoms with van der Waals surface area (Å²) in [6, 6.07) is 5.24. The van der Waals surface area contributed by atoms with Crippen molar-refractivity contribution in [1.82, 2.24) is 5.32 Å². The molecule has 5 heteroatoms. The summed E-state index contributed by atoms with van der Waals surface area (Å²) >= 11 is 5.93. The number of amides is 1. The first-order valence-electron chi connectivity index (χ1n) is 6.58. The fourth-order valence-electron chi connectivity index (χ4n) is 2.24. The van der Waals surface area contributed by atoms with E-state index < -0.39 is 0 Å². The molecule has 2 rings (SSSR count). The summed E-state index contributed by atoms with van der Waals surface area (Å²) in [5.41, 5.74) is 1.35. The van der Waals surface area contributed by atoms with Gasteiger partial charge in [-0.15, -0.1) is 0 Å². The quantitative estimate of drug-likeness (QED) is 0.873. The van der Waals surface area contributed by atoms with Crippen LogP contribution in [0.5, 0.6) is 0 Å². The van der Waals surface area contributed by atoms with E-state index in [2.05, 4.69) is 10.6 Å². The van der Waals surface area contributed by atoms with Crippen LogP contribution in [0.3, 0.4) is 0 Å². The summed E-state index contributed by atoms with van der Waals surface area (Å²) in [4.78, 5) is 12.1. The molecule has 2 N–H and O–H groups in total. The van der Waals surface area contributed by atoms with Crippen LogP contribution in [-0.2, 0) is 4.74 Å². The highest BCUT2D eigenvalue weighted by atomic mass is 35.5. The average molecular weight is 283 g/mol. The summed E-state index contributed by atoms with van der Waals surface area (Å²) in [5.74, 6) is -0.107. The molecule has 1 aliphatic heterocycles. The molecule has 1 aliphatic rings. The number of carbonyl (C=O) groups excluding carboxylic acids is 1. The zero-order valence-corrected chi connectivity index (χ0v) is 11.8. The molecule has 4 nitrogen and oxygen atoms in total. The van der Waals surface area contributed by atoms with Crippen LogP contribution in [0.1, 0.15) is 29.6 Å². The molecule has 0 saturated carbocycles. The van der Waals surface area contributed by atoms with E-state index >= 15 is 0 Å². The second-order valence-corrected chi connectivity index (χ2v) is 5.06. The van der Waals surface area contributed by atoms with Crippen molar-refractivity contribution in [3.05, 3.63) is 28.8 Å². The molecule has 0 aromatic heterocycles. The van der Waals surface area contributed by atoms with Crippen molar-refractivity contribution >= 4 is 23.2 Å². The summed E-state index contributed by atoms with van der Waals surface area (Å²) in [5, 5.41) is 6.46. The van der Waals surface area contributed by atoms with Crippen molar-refractivity contribution in [2.24, 2.45) is 0 Å². The number of ether oxygens (including phenoxy) is 1. The number of anilines is 1. The lowest BCUT2D eigenvalue weighted by Crippen LogP contribution is -2.27. The molecule has 1 unspecified atom stereocenters. The third-order valence-corrected chi connectivity index (χ3v) is 3.51. The fourth-order valence-corrected chi connectivity index (χ4v) is 2.41. The van der Waals surface area contributed by atoms with E-state index in [4.69, 9.17) is 16.3 Å². The van der Waals surface area contributed by atoms with Crippen LogP contribution in [0.4, 0.5) is 5.69 Å². The first-order chi connectivity index (χ1) is 9.20. The maximum Gasteiger partial charge on any atom is 0.253 e. The van der Waals surface area contributed by atoms with Gasteiger partial charge in [0.05, 0.1) is 11.7 Å². The topological polar surface area (TPSA) is 50.4 Å². The highest BCUT2D eigenvalue weighted by molar-refractivity contribution is 6.31. The van der Waals surface area contributed by atoms with Crippen LogP contribution >= 0.6 is 11.6 Å². The minimum absolute atomic E-state index is 0.107. The minimum atomic E-state index is -0.107. The lowest BCUT2D eigenvalue weighted by molar-refractivity contribution is 0.0908. The smallest absolute Gasteiger partial charge is 0.253 e. The molecule has 1 heterocycles. The van der Waals surface area contributed by atoms with Crippen molar-refractivity contribution in [3.63, 3.8) is 0 Å². The van der Waals surface area contributed by atoms with Crippen LogP contribution in [0.15, 0.2) is 18.2 Å². The molecule has 0 radical (unpaired) electrons. The maximum absolute atomic E-state index is 12.1. The van der Waals surface area contributed by atoms with Crippen LogP contribution in [-0.4, -0.2) is 32.2 Å². The molecular weight excluding hydrogens is 264 g/mol. The van der Waals surface area contributed by atoms with Gasteiger partial charge in [0.15, 0.2) is 0 Å². The number of hydrogen-bond acceptors (Lipinski definition) is 3. The number of rotatable bonds is 5. The highest BCUT2D eigenvalue weighted by Crippen LogP contribution is 2.20. The molecule has 1 amide bonds. The monoisotopic (exact) mass is 282 g/mol. The molecule has 0 aliphatic carbocycles. The Morgan fingerprint density at radius 3 is 3.05 bits per heavy atom. The van der Waals surface area contributed by atoms with Crippen molar-refractivity contribution in [3.8, 4) is 0 Å². The molecule has 1 atom stereocenters. The van der Waals surface area contributed by atoms with E-state index in [-0.39, 0.29) is 5.91 Å². The number of benzene rings is 1. The van der Waals surface area contributed by atoms with E-state index in [1.54, 1.807) is 25.2 Å². The molecule has 1 fully saturated rings. The predicted octanol–water partition coefficient (Wildman–Crippen LogP) is 2.68. The zero-order valence-electron chi connectivity index (χ0n) is 11.0. The van der Waals surface area contributed by atoms with E-state index in [1.165, 1.54) is 0 Å². The SMILES string of the molecule is CNc1ccc(Cl)cc1C(=O)NCCC1CCCO1. The third kappa shape index (κ3) is 3.85. The Bertz CT molecular complexity index is 445. The number of carbonyl (C=O) groups is 1. The van der Waals surface area contributed by atoms with Gasteiger partial charge in [0, 0.05) is 30.9 Å². The zero-order chi connectivity index (χ0) is 13.7. The second kappa shape index (κ2) is 6.78. The average Bonchev–Trinajstić information content (AvgIpc) is 2.91. The lowest BCUT2D eigenvalue weighted by atomic mass is 10.1. The first kappa shape index (κ1) is 14.2. The van der Waals surface area contributed by atoms with E-state index in [0.717, 1.165) is 31.6 Å². The Morgan fingerprint density at radius 2 is 2.37 bits per heavy atom. The molecule has 1 aromatic rings. The molecule has 104 valence electrons. The number of hydrogen-bond donors (Lipinski definition) is 2. The molecular formula is C14H19ClN2O2. The van der Waals surface area contributed by atoms with Crippen molar-refractivity contribution in [2.75, 3.05) is 25.5 Å². The van der Waals surface area contributed by atoms with Crippen molar-refractivity contribution in [2.45, 2.75) is 25.4 Å². The maximum atomic E-state index is 12.1. The van der Waals surface area contributed by atoms with Gasteiger partial charge in [0.25, 0.3) is 5.91 Å². The Labute approximate surface area is 118 Å². The van der Waals surface area contributed by atoms with Crippen molar-refractivity contribution < 1.29 is 9.53 Å². The lowest BCUT2D eigenvalue weighted by Gasteiger charge is -2.12. The van der Waals surface area contributed by atoms with Gasteiger partial charge in [0.2, 0.25) is 0 Å². The standard InChI is InChI=1S/C14H19ClN2O2/c1-16-13-5-4-10(15)9-12(13)14(18)17-7-6-11-3-2-8-19-11/h4-5,9,11,16H,2-3,6-8H2,1H3,(H,17,18). The summed E-state index contributed by atoms with van der Waals surface area (Å²) in [6.45, 7) is 1.47. The predicted molar refractivity (Wildman–Crippen MR) is 76.9 cm³/mol.